The summed E-state index contributed by atoms with van der Waals surface area (Å²) < 4.78 is 28.8. The Kier molecular flexibility index (Phi) is 6.70. The zero-order chi connectivity index (χ0) is 19.3. The number of carbonyl (C=O) groups excluding carboxylic acids is 1. The first-order valence-corrected chi connectivity index (χ1v) is 11.4. The summed E-state index contributed by atoms with van der Waals surface area (Å²) in [4.78, 5) is 16.6. The number of imidazole rings is 1. The van der Waals surface area contributed by atoms with Gasteiger partial charge in [-0.2, -0.15) is 4.31 Å². The first kappa shape index (κ1) is 20.1. The lowest BCUT2D eigenvalue weighted by Crippen LogP contribution is -2.45. The fourth-order valence-corrected chi connectivity index (χ4v) is 5.23. The standard InChI is InChI=1S/C19H30N4O3S/c1-2-22-14-18(21-15-22)27(25,26)23-12-6-9-17(13-23)19(24)20-11-10-16-7-4-3-5-8-16/h7,14-15,17H,2-6,8-13H2,1H3,(H,20,24). The minimum Gasteiger partial charge on any atom is -0.356 e. The second kappa shape index (κ2) is 9.01. The van der Waals surface area contributed by atoms with E-state index in [2.05, 4.69) is 16.4 Å². The Morgan fingerprint density at radius 3 is 2.89 bits per heavy atom. The van der Waals surface area contributed by atoms with Crippen molar-refractivity contribution in [3.8, 4) is 0 Å². The summed E-state index contributed by atoms with van der Waals surface area (Å²) >= 11 is 0. The minimum absolute atomic E-state index is 0.0367. The van der Waals surface area contributed by atoms with Crippen LogP contribution in [0.25, 0.3) is 0 Å². The Hall–Kier alpha value is -1.67. The van der Waals surface area contributed by atoms with Crippen LogP contribution in [0.1, 0.15) is 51.9 Å². The molecule has 1 atom stereocenters. The number of nitrogens with zero attached hydrogens (tertiary/aromatic N) is 3. The lowest BCUT2D eigenvalue weighted by atomic mass is 9.96. The van der Waals surface area contributed by atoms with Crippen LogP contribution in [0, 0.1) is 5.92 Å². The van der Waals surface area contributed by atoms with Crippen LogP contribution in [0.15, 0.2) is 29.2 Å². The molecule has 8 heteroatoms. The Morgan fingerprint density at radius 1 is 1.33 bits per heavy atom. The highest BCUT2D eigenvalue weighted by Crippen LogP contribution is 2.23. The monoisotopic (exact) mass is 394 g/mol. The number of nitrogens with one attached hydrogen (secondary N) is 1. The quantitative estimate of drug-likeness (QED) is 0.719. The molecule has 27 heavy (non-hydrogen) atoms. The van der Waals surface area contributed by atoms with Gasteiger partial charge in [0, 0.05) is 32.4 Å². The number of aromatic nitrogens is 2. The van der Waals surface area contributed by atoms with E-state index in [4.69, 9.17) is 0 Å². The molecule has 0 radical (unpaired) electrons. The number of rotatable bonds is 7. The van der Waals surface area contributed by atoms with Gasteiger partial charge >= 0.3 is 0 Å². The molecular weight excluding hydrogens is 364 g/mol. The topological polar surface area (TPSA) is 84.3 Å². The fourth-order valence-electron chi connectivity index (χ4n) is 3.78. The van der Waals surface area contributed by atoms with Crippen LogP contribution in [0.4, 0.5) is 0 Å². The first-order chi connectivity index (χ1) is 13.0. The molecular formula is C19H30N4O3S. The summed E-state index contributed by atoms with van der Waals surface area (Å²) in [5, 5.41) is 3.07. The van der Waals surface area contributed by atoms with Crippen LogP contribution in [0.5, 0.6) is 0 Å². The molecule has 1 aromatic heterocycles. The van der Waals surface area contributed by atoms with Gasteiger partial charge in [0.1, 0.15) is 0 Å². The van der Waals surface area contributed by atoms with Crippen molar-refractivity contribution < 1.29 is 13.2 Å². The molecule has 0 bridgehead atoms. The highest BCUT2D eigenvalue weighted by Gasteiger charge is 2.34. The molecule has 0 saturated carbocycles. The van der Waals surface area contributed by atoms with Gasteiger partial charge < -0.3 is 9.88 Å². The molecule has 1 amide bonds. The number of piperidine rings is 1. The van der Waals surface area contributed by atoms with Gasteiger partial charge in [0.2, 0.25) is 5.91 Å². The Bertz CT molecular complexity index is 785. The highest BCUT2D eigenvalue weighted by atomic mass is 32.2. The number of amides is 1. The second-order valence-corrected chi connectivity index (χ2v) is 9.28. The van der Waals surface area contributed by atoms with Crippen molar-refractivity contribution in [2.75, 3.05) is 19.6 Å². The van der Waals surface area contributed by atoms with Crippen LogP contribution in [0.3, 0.4) is 0 Å². The van der Waals surface area contributed by atoms with Gasteiger partial charge in [0.25, 0.3) is 10.0 Å². The summed E-state index contributed by atoms with van der Waals surface area (Å²) in [6.07, 6.45) is 12.5. The van der Waals surface area contributed by atoms with Gasteiger partial charge in [0.15, 0.2) is 5.03 Å². The van der Waals surface area contributed by atoms with Gasteiger partial charge in [-0.15, -0.1) is 0 Å². The third-order valence-electron chi connectivity index (χ3n) is 5.46. The summed E-state index contributed by atoms with van der Waals surface area (Å²) in [5.41, 5.74) is 1.43. The average molecular weight is 395 g/mol. The maximum atomic E-state index is 12.8. The third kappa shape index (κ3) is 4.99. The normalized spacial score (nSPS) is 21.7. The molecule has 1 aliphatic heterocycles. The van der Waals surface area contributed by atoms with Gasteiger partial charge in [0.05, 0.1) is 12.2 Å². The van der Waals surface area contributed by atoms with Crippen LogP contribution < -0.4 is 5.32 Å². The molecule has 1 aliphatic carbocycles. The van der Waals surface area contributed by atoms with Gasteiger partial charge in [-0.3, -0.25) is 4.79 Å². The van der Waals surface area contributed by atoms with Crippen LogP contribution in [0.2, 0.25) is 0 Å². The van der Waals surface area contributed by atoms with Crippen LogP contribution in [-0.2, 0) is 21.4 Å². The molecule has 150 valence electrons. The smallest absolute Gasteiger partial charge is 0.262 e. The molecule has 0 aromatic carbocycles. The van der Waals surface area contributed by atoms with Gasteiger partial charge in [-0.1, -0.05) is 11.6 Å². The van der Waals surface area contributed by atoms with Crippen molar-refractivity contribution in [1.82, 2.24) is 19.2 Å². The third-order valence-corrected chi connectivity index (χ3v) is 7.22. The minimum atomic E-state index is -3.64. The molecule has 1 unspecified atom stereocenters. The molecule has 1 N–H and O–H groups in total. The van der Waals surface area contributed by atoms with E-state index < -0.39 is 10.0 Å². The molecule has 2 aliphatic rings. The number of hydrogen-bond acceptors (Lipinski definition) is 4. The largest absolute Gasteiger partial charge is 0.356 e. The molecule has 2 heterocycles. The number of hydrogen-bond donors (Lipinski definition) is 1. The number of allylic oxidation sites excluding steroid dienone is 1. The van der Waals surface area contributed by atoms with Crippen molar-refractivity contribution in [3.05, 3.63) is 24.2 Å². The Balaban J connectivity index is 1.55. The van der Waals surface area contributed by atoms with Crippen molar-refractivity contribution in [3.63, 3.8) is 0 Å². The van der Waals surface area contributed by atoms with Crippen LogP contribution in [-0.4, -0.2) is 47.8 Å². The summed E-state index contributed by atoms with van der Waals surface area (Å²) in [5.74, 6) is -0.326. The Labute approximate surface area is 161 Å². The fraction of sp³-hybridized carbons (Fsp3) is 0.684. The van der Waals surface area contributed by atoms with E-state index in [1.807, 2.05) is 6.92 Å². The predicted molar refractivity (Wildman–Crippen MR) is 104 cm³/mol. The molecule has 0 spiro atoms. The zero-order valence-corrected chi connectivity index (χ0v) is 16.9. The maximum absolute atomic E-state index is 12.8. The maximum Gasteiger partial charge on any atom is 0.262 e. The van der Waals surface area contributed by atoms with Crippen molar-refractivity contribution in [2.24, 2.45) is 5.92 Å². The number of aryl methyl sites for hydroxylation is 1. The van der Waals surface area contributed by atoms with E-state index >= 15 is 0 Å². The molecule has 3 rings (SSSR count). The average Bonchev–Trinajstić information content (AvgIpc) is 3.19. The zero-order valence-electron chi connectivity index (χ0n) is 16.1. The summed E-state index contributed by atoms with van der Waals surface area (Å²) in [6.45, 7) is 3.91. The van der Waals surface area contributed by atoms with Crippen molar-refractivity contribution in [2.45, 2.75) is 63.4 Å². The summed E-state index contributed by atoms with van der Waals surface area (Å²) in [7, 11) is -3.64. The van der Waals surface area contributed by atoms with E-state index in [1.54, 1.807) is 10.8 Å². The van der Waals surface area contributed by atoms with Crippen molar-refractivity contribution >= 4 is 15.9 Å². The van der Waals surface area contributed by atoms with E-state index in [1.165, 1.54) is 29.0 Å². The van der Waals surface area contributed by atoms with Crippen LogP contribution >= 0.6 is 0 Å². The Morgan fingerprint density at radius 2 is 2.19 bits per heavy atom. The second-order valence-electron chi connectivity index (χ2n) is 7.39. The lowest BCUT2D eigenvalue weighted by Gasteiger charge is -2.30. The first-order valence-electron chi connectivity index (χ1n) is 9.98. The predicted octanol–water partition coefficient (Wildman–Crippen LogP) is 2.31. The summed E-state index contributed by atoms with van der Waals surface area (Å²) in [6, 6.07) is 0. The molecule has 1 saturated heterocycles. The van der Waals surface area contributed by atoms with Gasteiger partial charge in [-0.05, 0) is 51.9 Å². The molecule has 1 fully saturated rings. The molecule has 7 nitrogen and oxygen atoms in total. The number of sulfonamides is 1. The van der Waals surface area contributed by atoms with Crippen molar-refractivity contribution in [1.29, 1.82) is 0 Å². The SMILES string of the molecule is CCn1cnc(S(=O)(=O)N2CCCC(C(=O)NCCC3=CCCCC3)C2)c1. The van der Waals surface area contributed by atoms with E-state index in [9.17, 15) is 13.2 Å². The number of carbonyl (C=O) groups is 1. The van der Waals surface area contributed by atoms with Gasteiger partial charge in [-0.25, -0.2) is 13.4 Å². The van der Waals surface area contributed by atoms with E-state index in [0.29, 0.717) is 26.1 Å². The van der Waals surface area contributed by atoms with E-state index in [0.717, 1.165) is 25.7 Å². The molecule has 1 aromatic rings. The lowest BCUT2D eigenvalue weighted by molar-refractivity contribution is -0.126. The highest BCUT2D eigenvalue weighted by molar-refractivity contribution is 7.89. The van der Waals surface area contributed by atoms with E-state index in [-0.39, 0.29) is 23.4 Å².